The van der Waals surface area contributed by atoms with Crippen LogP contribution in [0.1, 0.15) is 25.7 Å². The van der Waals surface area contributed by atoms with Crippen LogP contribution < -0.4 is 0 Å². The molecule has 6 nitrogen and oxygen atoms in total. The lowest BCUT2D eigenvalue weighted by Crippen LogP contribution is -2.35. The van der Waals surface area contributed by atoms with Gasteiger partial charge in [-0.05, 0) is 25.7 Å². The molecule has 0 saturated carbocycles. The summed E-state index contributed by atoms with van der Waals surface area (Å²) in [5.74, 6) is 0. The Bertz CT molecular complexity index is 443. The predicted molar refractivity (Wildman–Crippen MR) is 61.8 cm³/mol. The Hall–Kier alpha value is -0.920. The number of aliphatic hydroxyl groups excluding tert-OH is 1. The van der Waals surface area contributed by atoms with Gasteiger partial charge in [0, 0.05) is 25.4 Å². The molecule has 0 amide bonds. The first kappa shape index (κ1) is 12.5. The zero-order valence-corrected chi connectivity index (χ0v) is 10.4. The van der Waals surface area contributed by atoms with E-state index in [4.69, 9.17) is 5.11 Å². The minimum atomic E-state index is -3.42. The fourth-order valence-corrected chi connectivity index (χ4v) is 3.89. The number of H-pyrrole nitrogens is 1. The molecule has 2 rings (SSSR count). The Morgan fingerprint density at radius 2 is 2.41 bits per heavy atom. The third kappa shape index (κ3) is 2.51. The second kappa shape index (κ2) is 5.16. The van der Waals surface area contributed by atoms with Crippen LogP contribution in [0.4, 0.5) is 0 Å². The largest absolute Gasteiger partial charge is 0.396 e. The highest BCUT2D eigenvalue weighted by atomic mass is 32.2. The molecule has 1 fully saturated rings. The molecule has 1 unspecified atom stereocenters. The van der Waals surface area contributed by atoms with Crippen molar-refractivity contribution >= 4 is 10.0 Å². The Kier molecular flexibility index (Phi) is 3.80. The van der Waals surface area contributed by atoms with Gasteiger partial charge >= 0.3 is 0 Å². The molecule has 1 atom stereocenters. The number of hydrogen-bond acceptors (Lipinski definition) is 4. The monoisotopic (exact) mass is 259 g/mol. The molecule has 1 aliphatic rings. The van der Waals surface area contributed by atoms with E-state index in [-0.39, 0.29) is 17.5 Å². The SMILES string of the molecule is O=S(=O)(c1cn[nH]c1)N1CCCC1CCCO. The van der Waals surface area contributed by atoms with Crippen molar-refractivity contribution in [2.45, 2.75) is 36.6 Å². The maximum atomic E-state index is 12.3. The Morgan fingerprint density at radius 1 is 1.59 bits per heavy atom. The molecule has 1 aromatic heterocycles. The summed E-state index contributed by atoms with van der Waals surface area (Å²) in [4.78, 5) is 0.216. The van der Waals surface area contributed by atoms with E-state index >= 15 is 0 Å². The zero-order chi connectivity index (χ0) is 12.3. The summed E-state index contributed by atoms with van der Waals surface area (Å²) in [5, 5.41) is 15.0. The molecule has 0 aromatic carbocycles. The topological polar surface area (TPSA) is 86.3 Å². The summed E-state index contributed by atoms with van der Waals surface area (Å²) in [6.45, 7) is 0.666. The van der Waals surface area contributed by atoms with E-state index in [1.165, 1.54) is 16.7 Å². The molecule has 2 heterocycles. The van der Waals surface area contributed by atoms with Gasteiger partial charge in [0.25, 0.3) is 0 Å². The van der Waals surface area contributed by atoms with Gasteiger partial charge in [0.15, 0.2) is 0 Å². The number of sulfonamides is 1. The summed E-state index contributed by atoms with van der Waals surface area (Å²) < 4.78 is 26.1. The van der Waals surface area contributed by atoms with E-state index in [9.17, 15) is 8.42 Å². The van der Waals surface area contributed by atoms with E-state index in [0.29, 0.717) is 19.4 Å². The lowest BCUT2D eigenvalue weighted by molar-refractivity contribution is 0.264. The van der Waals surface area contributed by atoms with Crippen LogP contribution in [0.25, 0.3) is 0 Å². The summed E-state index contributed by atoms with van der Waals surface area (Å²) in [6, 6.07) is 0.0158. The summed E-state index contributed by atoms with van der Waals surface area (Å²) in [7, 11) is -3.42. The van der Waals surface area contributed by atoms with Crippen LogP contribution in [-0.2, 0) is 10.0 Å². The van der Waals surface area contributed by atoms with Gasteiger partial charge in [-0.2, -0.15) is 9.40 Å². The van der Waals surface area contributed by atoms with Gasteiger partial charge in [0.2, 0.25) is 10.0 Å². The number of aromatic nitrogens is 2. The van der Waals surface area contributed by atoms with Gasteiger partial charge in [-0.25, -0.2) is 8.42 Å². The van der Waals surface area contributed by atoms with Gasteiger partial charge in [-0.1, -0.05) is 0 Å². The second-order valence-corrected chi connectivity index (χ2v) is 6.10. The van der Waals surface area contributed by atoms with Gasteiger partial charge in [0.1, 0.15) is 4.90 Å². The summed E-state index contributed by atoms with van der Waals surface area (Å²) in [6.07, 6.45) is 5.84. The van der Waals surface area contributed by atoms with Crippen LogP contribution in [0.3, 0.4) is 0 Å². The lowest BCUT2D eigenvalue weighted by Gasteiger charge is -2.23. The molecule has 0 bridgehead atoms. The van der Waals surface area contributed by atoms with Crippen LogP contribution >= 0.6 is 0 Å². The number of rotatable bonds is 5. The van der Waals surface area contributed by atoms with Crippen LogP contribution in [0.5, 0.6) is 0 Å². The van der Waals surface area contributed by atoms with Crippen molar-refractivity contribution < 1.29 is 13.5 Å². The van der Waals surface area contributed by atoms with Gasteiger partial charge in [0.05, 0.1) is 6.20 Å². The van der Waals surface area contributed by atoms with Gasteiger partial charge in [-0.15, -0.1) is 0 Å². The average Bonchev–Trinajstić information content (AvgIpc) is 2.97. The first-order chi connectivity index (χ1) is 8.16. The molecule has 2 N–H and O–H groups in total. The summed E-state index contributed by atoms with van der Waals surface area (Å²) >= 11 is 0. The normalized spacial score (nSPS) is 22.1. The minimum absolute atomic E-state index is 0.0158. The standard InChI is InChI=1S/C10H17N3O3S/c14-6-2-4-9-3-1-5-13(9)17(15,16)10-7-11-12-8-10/h7-9,14H,1-6H2,(H,11,12). The molecule has 96 valence electrons. The molecule has 1 aliphatic heterocycles. The Morgan fingerprint density at radius 3 is 3.06 bits per heavy atom. The minimum Gasteiger partial charge on any atom is -0.396 e. The maximum Gasteiger partial charge on any atom is 0.246 e. The number of nitrogens with one attached hydrogen (secondary N) is 1. The van der Waals surface area contributed by atoms with Gasteiger partial charge < -0.3 is 5.11 Å². The molecular formula is C10H17N3O3S. The molecule has 7 heteroatoms. The maximum absolute atomic E-state index is 12.3. The molecule has 0 aliphatic carbocycles. The van der Waals surface area contributed by atoms with Crippen molar-refractivity contribution in [3.63, 3.8) is 0 Å². The van der Waals surface area contributed by atoms with E-state index in [0.717, 1.165) is 12.8 Å². The van der Waals surface area contributed by atoms with Crippen LogP contribution in [0.2, 0.25) is 0 Å². The van der Waals surface area contributed by atoms with Crippen LogP contribution in [0, 0.1) is 0 Å². The molecule has 1 saturated heterocycles. The van der Waals surface area contributed by atoms with Crippen molar-refractivity contribution in [1.29, 1.82) is 0 Å². The highest BCUT2D eigenvalue weighted by molar-refractivity contribution is 7.89. The predicted octanol–water partition coefficient (Wildman–Crippen LogP) is 0.335. The number of aliphatic hydroxyl groups is 1. The fourth-order valence-electron chi connectivity index (χ4n) is 2.26. The Balaban J connectivity index is 2.15. The number of nitrogens with zero attached hydrogens (tertiary/aromatic N) is 2. The molecule has 1 aromatic rings. The average molecular weight is 259 g/mol. The Labute approximate surface area is 101 Å². The quantitative estimate of drug-likeness (QED) is 0.798. The highest BCUT2D eigenvalue weighted by Crippen LogP contribution is 2.27. The lowest BCUT2D eigenvalue weighted by atomic mass is 10.1. The van der Waals surface area contributed by atoms with Crippen molar-refractivity contribution in [2.24, 2.45) is 0 Å². The van der Waals surface area contributed by atoms with Crippen molar-refractivity contribution in [1.82, 2.24) is 14.5 Å². The van der Waals surface area contributed by atoms with Crippen LogP contribution in [-0.4, -0.2) is 47.2 Å². The van der Waals surface area contributed by atoms with E-state index in [1.807, 2.05) is 0 Å². The van der Waals surface area contributed by atoms with Gasteiger partial charge in [-0.3, -0.25) is 5.10 Å². The summed E-state index contributed by atoms with van der Waals surface area (Å²) in [5.41, 5.74) is 0. The van der Waals surface area contributed by atoms with E-state index in [1.54, 1.807) is 0 Å². The van der Waals surface area contributed by atoms with Crippen molar-refractivity contribution in [3.05, 3.63) is 12.4 Å². The van der Waals surface area contributed by atoms with Crippen LogP contribution in [0.15, 0.2) is 17.3 Å². The molecule has 0 spiro atoms. The van der Waals surface area contributed by atoms with Crippen molar-refractivity contribution in [3.8, 4) is 0 Å². The first-order valence-corrected chi connectivity index (χ1v) is 7.22. The van der Waals surface area contributed by atoms with E-state index in [2.05, 4.69) is 10.2 Å². The third-order valence-electron chi connectivity index (χ3n) is 3.10. The molecule has 17 heavy (non-hydrogen) atoms. The molecule has 0 radical (unpaired) electrons. The number of hydrogen-bond donors (Lipinski definition) is 2. The first-order valence-electron chi connectivity index (χ1n) is 5.78. The zero-order valence-electron chi connectivity index (χ0n) is 9.54. The van der Waals surface area contributed by atoms with E-state index < -0.39 is 10.0 Å². The van der Waals surface area contributed by atoms with Crippen molar-refractivity contribution in [2.75, 3.05) is 13.2 Å². The highest BCUT2D eigenvalue weighted by Gasteiger charge is 2.35. The smallest absolute Gasteiger partial charge is 0.246 e. The fraction of sp³-hybridized carbons (Fsp3) is 0.700. The number of aromatic amines is 1. The third-order valence-corrected chi connectivity index (χ3v) is 5.02. The second-order valence-electron chi connectivity index (χ2n) is 4.21. The molecular weight excluding hydrogens is 242 g/mol.